The molecule has 5 rings (SSSR count). The topological polar surface area (TPSA) is 79.3 Å². The Kier molecular flexibility index (Phi) is 5.33. The molecule has 1 N–H and O–H groups in total. The summed E-state index contributed by atoms with van der Waals surface area (Å²) in [6.07, 6.45) is 1.02. The number of ketones is 1. The Bertz CT molecular complexity index is 1030. The average Bonchev–Trinajstić information content (AvgIpc) is 3.33. The van der Waals surface area contributed by atoms with Gasteiger partial charge in [-0.15, -0.1) is 0 Å². The van der Waals surface area contributed by atoms with Crippen LogP contribution in [0.5, 0.6) is 0 Å². The molecule has 7 nitrogen and oxygen atoms in total. The number of ether oxygens (including phenoxy) is 2. The van der Waals surface area contributed by atoms with E-state index >= 15 is 0 Å². The highest BCUT2D eigenvalue weighted by Gasteiger charge is 2.51. The van der Waals surface area contributed by atoms with Crippen molar-refractivity contribution >= 4 is 17.4 Å². The van der Waals surface area contributed by atoms with Gasteiger partial charge in [0.2, 0.25) is 0 Å². The Morgan fingerprint density at radius 1 is 1.03 bits per heavy atom. The zero-order valence-electron chi connectivity index (χ0n) is 17.6. The second kappa shape index (κ2) is 8.04. The molecule has 3 aliphatic heterocycles. The van der Waals surface area contributed by atoms with E-state index in [0.29, 0.717) is 57.1 Å². The number of amides is 1. The van der Waals surface area contributed by atoms with Gasteiger partial charge in [-0.25, -0.2) is 4.39 Å². The maximum Gasteiger partial charge on any atom is 0.265 e. The molecule has 2 aromatic carbocycles. The van der Waals surface area contributed by atoms with Crippen LogP contribution < -0.4 is 4.90 Å². The Morgan fingerprint density at radius 2 is 1.69 bits per heavy atom. The first kappa shape index (κ1) is 21.2. The number of anilines is 1. The van der Waals surface area contributed by atoms with Gasteiger partial charge >= 0.3 is 0 Å². The second-order valence-electron chi connectivity index (χ2n) is 8.58. The lowest BCUT2D eigenvalue weighted by atomic mass is 9.88. The summed E-state index contributed by atoms with van der Waals surface area (Å²) in [6, 6.07) is 12.1. The number of rotatable bonds is 5. The third kappa shape index (κ3) is 3.63. The fourth-order valence-corrected chi connectivity index (χ4v) is 4.81. The summed E-state index contributed by atoms with van der Waals surface area (Å²) in [5.41, 5.74) is -0.699. The van der Waals surface area contributed by atoms with Crippen LogP contribution in [-0.2, 0) is 19.9 Å². The number of benzene rings is 2. The lowest BCUT2D eigenvalue weighted by Crippen LogP contribution is -2.51. The molecule has 1 spiro atoms. The number of hydrogen-bond donors (Lipinski definition) is 1. The van der Waals surface area contributed by atoms with Crippen LogP contribution in [-0.4, -0.2) is 60.5 Å². The van der Waals surface area contributed by atoms with Gasteiger partial charge in [0.15, 0.2) is 17.2 Å². The van der Waals surface area contributed by atoms with Gasteiger partial charge in [-0.1, -0.05) is 18.2 Å². The summed E-state index contributed by atoms with van der Waals surface area (Å²) in [7, 11) is 0. The Morgan fingerprint density at radius 3 is 2.38 bits per heavy atom. The molecule has 2 aromatic rings. The summed E-state index contributed by atoms with van der Waals surface area (Å²) < 4.78 is 24.8. The normalized spacial score (nSPS) is 24.8. The Hall–Kier alpha value is -2.65. The van der Waals surface area contributed by atoms with Crippen LogP contribution in [0.2, 0.25) is 0 Å². The van der Waals surface area contributed by atoms with Crippen LogP contribution in [0.4, 0.5) is 10.1 Å². The number of piperidine rings is 1. The van der Waals surface area contributed by atoms with Crippen molar-refractivity contribution in [2.45, 2.75) is 30.7 Å². The second-order valence-corrected chi connectivity index (χ2v) is 8.58. The van der Waals surface area contributed by atoms with Crippen LogP contribution in [0.1, 0.15) is 35.2 Å². The van der Waals surface area contributed by atoms with Gasteiger partial charge < -0.3 is 14.6 Å². The Balaban J connectivity index is 1.35. The summed E-state index contributed by atoms with van der Waals surface area (Å²) in [5.74, 6) is -1.91. The van der Waals surface area contributed by atoms with Crippen molar-refractivity contribution in [2.75, 3.05) is 37.9 Å². The van der Waals surface area contributed by atoms with Crippen molar-refractivity contribution in [3.05, 3.63) is 65.5 Å². The number of aliphatic hydroxyl groups is 1. The van der Waals surface area contributed by atoms with Crippen LogP contribution in [0.15, 0.2) is 48.5 Å². The molecule has 2 saturated heterocycles. The highest BCUT2D eigenvalue weighted by molar-refractivity contribution is 6.10. The largest absolute Gasteiger partial charge is 0.375 e. The number of carbonyl (C=O) groups excluding carboxylic acids is 2. The van der Waals surface area contributed by atoms with E-state index in [9.17, 15) is 19.1 Å². The minimum Gasteiger partial charge on any atom is -0.375 e. The first-order valence-corrected chi connectivity index (χ1v) is 10.8. The van der Waals surface area contributed by atoms with E-state index in [-0.39, 0.29) is 5.56 Å². The number of fused-ring (bicyclic) bond motifs is 1. The van der Waals surface area contributed by atoms with Crippen molar-refractivity contribution < 1.29 is 28.6 Å². The monoisotopic (exact) mass is 440 g/mol. The van der Waals surface area contributed by atoms with Crippen molar-refractivity contribution in [3.8, 4) is 0 Å². The molecule has 0 aliphatic carbocycles. The van der Waals surface area contributed by atoms with E-state index in [0.717, 1.165) is 0 Å². The van der Waals surface area contributed by atoms with Crippen molar-refractivity contribution in [3.63, 3.8) is 0 Å². The van der Waals surface area contributed by atoms with E-state index in [1.807, 2.05) is 0 Å². The number of hydrogen-bond acceptors (Lipinski definition) is 6. The first-order valence-electron chi connectivity index (χ1n) is 10.8. The molecule has 8 heteroatoms. The molecule has 0 saturated carbocycles. The lowest BCUT2D eigenvalue weighted by molar-refractivity contribution is -0.185. The summed E-state index contributed by atoms with van der Waals surface area (Å²) >= 11 is 0. The number of Topliss-reactive ketones (excluding diaryl/α,β-unsaturated/α-hetero) is 1. The highest BCUT2D eigenvalue weighted by atomic mass is 19.1. The van der Waals surface area contributed by atoms with Gasteiger partial charge in [-0.3, -0.25) is 19.4 Å². The molecule has 32 heavy (non-hydrogen) atoms. The van der Waals surface area contributed by atoms with Crippen LogP contribution in [0.3, 0.4) is 0 Å². The molecule has 168 valence electrons. The van der Waals surface area contributed by atoms with E-state index in [2.05, 4.69) is 4.90 Å². The summed E-state index contributed by atoms with van der Waals surface area (Å²) in [5, 5.41) is 11.4. The molecule has 3 aliphatic rings. The van der Waals surface area contributed by atoms with Gasteiger partial charge in [0, 0.05) is 37.1 Å². The number of para-hydroxylation sites is 1. The first-order chi connectivity index (χ1) is 15.4. The molecule has 1 atom stereocenters. The molecular formula is C24H25FN2O5. The lowest BCUT2D eigenvalue weighted by Gasteiger charge is -2.39. The quantitative estimate of drug-likeness (QED) is 0.720. The third-order valence-electron chi connectivity index (χ3n) is 6.59. The standard InChI is InChI=1S/C24H25FN2O5/c25-18-7-5-17(6-8-18)21(28)15-24(30)19-3-1-2-4-20(19)27(22(24)29)16-26-11-9-23(10-12-26)31-13-14-32-23/h1-8,30H,9-16H2/t24-/m0/s1. The molecule has 0 unspecified atom stereocenters. The molecule has 0 radical (unpaired) electrons. The van der Waals surface area contributed by atoms with E-state index in [1.54, 1.807) is 29.2 Å². The van der Waals surface area contributed by atoms with Gasteiger partial charge in [-0.05, 0) is 30.3 Å². The molecule has 2 fully saturated rings. The Labute approximate surface area is 185 Å². The van der Waals surface area contributed by atoms with E-state index in [4.69, 9.17) is 9.47 Å². The van der Waals surface area contributed by atoms with Crippen molar-refractivity contribution in [1.29, 1.82) is 0 Å². The average molecular weight is 440 g/mol. The number of halogens is 1. The highest BCUT2D eigenvalue weighted by Crippen LogP contribution is 2.43. The predicted molar refractivity (Wildman–Crippen MR) is 113 cm³/mol. The predicted octanol–water partition coefficient (Wildman–Crippen LogP) is 2.43. The van der Waals surface area contributed by atoms with Crippen molar-refractivity contribution in [1.82, 2.24) is 4.90 Å². The maximum absolute atomic E-state index is 13.4. The number of nitrogens with zero attached hydrogens (tertiary/aromatic N) is 2. The van der Waals surface area contributed by atoms with E-state index in [1.165, 1.54) is 24.3 Å². The van der Waals surface area contributed by atoms with Gasteiger partial charge in [0.25, 0.3) is 5.91 Å². The minimum absolute atomic E-state index is 0.251. The van der Waals surface area contributed by atoms with Gasteiger partial charge in [-0.2, -0.15) is 0 Å². The third-order valence-corrected chi connectivity index (χ3v) is 6.59. The van der Waals surface area contributed by atoms with Crippen LogP contribution in [0.25, 0.3) is 0 Å². The minimum atomic E-state index is -1.96. The van der Waals surface area contributed by atoms with Crippen LogP contribution in [0, 0.1) is 5.82 Å². The zero-order valence-corrected chi connectivity index (χ0v) is 17.6. The molecule has 3 heterocycles. The van der Waals surface area contributed by atoms with E-state index < -0.39 is 35.3 Å². The molecule has 1 amide bonds. The van der Waals surface area contributed by atoms with Gasteiger partial charge in [0.05, 0.1) is 32.0 Å². The van der Waals surface area contributed by atoms with Crippen molar-refractivity contribution in [2.24, 2.45) is 0 Å². The maximum atomic E-state index is 13.4. The SMILES string of the molecule is O=C(C[C@@]1(O)C(=O)N(CN2CCC3(CC2)OCCO3)c2ccccc21)c1ccc(F)cc1. The fourth-order valence-electron chi connectivity index (χ4n) is 4.81. The number of likely N-dealkylation sites (tertiary alicyclic amines) is 1. The molecule has 0 aromatic heterocycles. The smallest absolute Gasteiger partial charge is 0.265 e. The number of carbonyl (C=O) groups is 2. The summed E-state index contributed by atoms with van der Waals surface area (Å²) in [4.78, 5) is 29.9. The fraction of sp³-hybridized carbons (Fsp3) is 0.417. The summed E-state index contributed by atoms with van der Waals surface area (Å²) in [6.45, 7) is 2.90. The van der Waals surface area contributed by atoms with Gasteiger partial charge in [0.1, 0.15) is 5.82 Å². The van der Waals surface area contributed by atoms with Crippen LogP contribution >= 0.6 is 0 Å². The molecular weight excluding hydrogens is 415 g/mol. The molecule has 0 bridgehead atoms. The zero-order chi connectivity index (χ0) is 22.3.